The zero-order valence-corrected chi connectivity index (χ0v) is 13.9. The molecule has 1 unspecified atom stereocenters. The maximum atomic E-state index is 12.9. The number of H-pyrrole nitrogens is 1. The Morgan fingerprint density at radius 2 is 2.12 bits per heavy atom. The molecule has 128 valence electrons. The highest BCUT2D eigenvalue weighted by Crippen LogP contribution is 2.37. The van der Waals surface area contributed by atoms with E-state index >= 15 is 0 Å². The van der Waals surface area contributed by atoms with Crippen LogP contribution in [0.5, 0.6) is 0 Å². The number of benzene rings is 1. The third-order valence-corrected chi connectivity index (χ3v) is 4.79. The van der Waals surface area contributed by atoms with Gasteiger partial charge in [0.05, 0.1) is 28.9 Å². The van der Waals surface area contributed by atoms with E-state index < -0.39 is 0 Å². The van der Waals surface area contributed by atoms with Crippen LogP contribution in [0, 0.1) is 12.8 Å². The van der Waals surface area contributed by atoms with E-state index in [0.717, 1.165) is 17.0 Å². The van der Waals surface area contributed by atoms with Gasteiger partial charge in [0.2, 0.25) is 0 Å². The lowest BCUT2D eigenvalue weighted by Crippen LogP contribution is -2.41. The number of aryl methyl sites for hydroxylation is 1. The van der Waals surface area contributed by atoms with Crippen molar-refractivity contribution < 1.29 is 9.90 Å². The van der Waals surface area contributed by atoms with Crippen molar-refractivity contribution in [2.75, 3.05) is 0 Å². The van der Waals surface area contributed by atoms with E-state index in [-0.39, 0.29) is 24.0 Å². The Morgan fingerprint density at radius 3 is 2.84 bits per heavy atom. The number of nitrogens with zero attached hydrogens (tertiary/aromatic N) is 2. The van der Waals surface area contributed by atoms with Crippen LogP contribution >= 0.6 is 0 Å². The number of aromatic nitrogens is 3. The Bertz CT molecular complexity index is 900. The molecule has 25 heavy (non-hydrogen) atoms. The van der Waals surface area contributed by atoms with Gasteiger partial charge in [0.1, 0.15) is 11.3 Å². The predicted molar refractivity (Wildman–Crippen MR) is 94.0 cm³/mol. The molecule has 0 bridgehead atoms. The number of rotatable bonds is 4. The van der Waals surface area contributed by atoms with Crippen LogP contribution in [0.15, 0.2) is 42.6 Å². The molecular formula is C19H20N4O2. The smallest absolute Gasteiger partial charge is 0.254 e. The molecule has 2 heterocycles. The van der Waals surface area contributed by atoms with Crippen molar-refractivity contribution in [2.45, 2.75) is 31.9 Å². The van der Waals surface area contributed by atoms with Gasteiger partial charge in [0.15, 0.2) is 0 Å². The molecule has 6 nitrogen and oxygen atoms in total. The van der Waals surface area contributed by atoms with Crippen molar-refractivity contribution in [1.82, 2.24) is 20.3 Å². The molecular weight excluding hydrogens is 316 g/mol. The maximum absolute atomic E-state index is 12.9. The lowest BCUT2D eigenvalue weighted by Gasteiger charge is -2.37. The first kappa shape index (κ1) is 15.8. The molecule has 0 spiro atoms. The summed E-state index contributed by atoms with van der Waals surface area (Å²) in [5.41, 5.74) is 2.88. The minimum absolute atomic E-state index is 0.172. The lowest BCUT2D eigenvalue weighted by atomic mass is 9.76. The van der Waals surface area contributed by atoms with Crippen LogP contribution in [0.25, 0.3) is 11.0 Å². The summed E-state index contributed by atoms with van der Waals surface area (Å²) in [6.07, 6.45) is 2.78. The van der Waals surface area contributed by atoms with Gasteiger partial charge >= 0.3 is 0 Å². The summed E-state index contributed by atoms with van der Waals surface area (Å²) in [5, 5.41) is 12.8. The van der Waals surface area contributed by atoms with Crippen LogP contribution < -0.4 is 5.32 Å². The standard InChI is InChI=1S/C19H20N4O2/c1-11-21-16-7-4-5-14(18(16)22-11)19(25)23-17(12-9-13(24)10-12)15-6-2-3-8-20-15/h2-8,12-13,17,24H,9-10H2,1H3,(H,21,22)(H,23,25). The summed E-state index contributed by atoms with van der Waals surface area (Å²) >= 11 is 0. The topological polar surface area (TPSA) is 90.9 Å². The Hall–Kier alpha value is -2.73. The van der Waals surface area contributed by atoms with E-state index in [1.165, 1.54) is 0 Å². The highest BCUT2D eigenvalue weighted by molar-refractivity contribution is 6.05. The number of aromatic amines is 1. The van der Waals surface area contributed by atoms with Crippen LogP contribution in [0.2, 0.25) is 0 Å². The molecule has 3 aromatic rings. The quantitative estimate of drug-likeness (QED) is 0.683. The Balaban J connectivity index is 1.64. The molecule has 2 aromatic heterocycles. The van der Waals surface area contributed by atoms with Crippen LogP contribution in [-0.2, 0) is 0 Å². The highest BCUT2D eigenvalue weighted by atomic mass is 16.3. The molecule has 4 rings (SSSR count). The molecule has 3 N–H and O–H groups in total. The predicted octanol–water partition coefficient (Wildman–Crippen LogP) is 2.51. The van der Waals surface area contributed by atoms with Crippen molar-refractivity contribution in [3.05, 3.63) is 59.7 Å². The number of para-hydroxylation sites is 1. The van der Waals surface area contributed by atoms with Crippen molar-refractivity contribution in [3.8, 4) is 0 Å². The fraction of sp³-hybridized carbons (Fsp3) is 0.316. The van der Waals surface area contributed by atoms with Crippen molar-refractivity contribution >= 4 is 16.9 Å². The number of carbonyl (C=O) groups is 1. The number of nitrogens with one attached hydrogen (secondary N) is 2. The first-order valence-corrected chi connectivity index (χ1v) is 8.47. The third kappa shape index (κ3) is 3.00. The first-order chi connectivity index (χ1) is 12.1. The van der Waals surface area contributed by atoms with Crippen molar-refractivity contribution in [2.24, 2.45) is 5.92 Å². The number of aliphatic hydroxyl groups excluding tert-OH is 1. The maximum Gasteiger partial charge on any atom is 0.254 e. The molecule has 0 aliphatic heterocycles. The molecule has 6 heteroatoms. The third-order valence-electron chi connectivity index (χ3n) is 4.79. The van der Waals surface area contributed by atoms with Gasteiger partial charge in [-0.05, 0) is 49.9 Å². The van der Waals surface area contributed by atoms with Gasteiger partial charge < -0.3 is 15.4 Å². The monoisotopic (exact) mass is 336 g/mol. The van der Waals surface area contributed by atoms with Gasteiger partial charge in [-0.3, -0.25) is 9.78 Å². The number of fused-ring (bicyclic) bond motifs is 1. The van der Waals surface area contributed by atoms with Gasteiger partial charge in [0.25, 0.3) is 5.91 Å². The zero-order valence-electron chi connectivity index (χ0n) is 13.9. The van der Waals surface area contributed by atoms with Crippen LogP contribution in [0.3, 0.4) is 0 Å². The summed E-state index contributed by atoms with van der Waals surface area (Å²) in [5.74, 6) is 0.793. The van der Waals surface area contributed by atoms with Gasteiger partial charge in [-0.25, -0.2) is 4.98 Å². The van der Waals surface area contributed by atoms with Gasteiger partial charge in [-0.1, -0.05) is 12.1 Å². The fourth-order valence-corrected chi connectivity index (χ4v) is 3.45. The van der Waals surface area contributed by atoms with E-state index in [9.17, 15) is 9.90 Å². The molecule has 1 aliphatic rings. The second kappa shape index (κ2) is 6.29. The molecule has 1 fully saturated rings. The summed E-state index contributed by atoms with van der Waals surface area (Å²) < 4.78 is 0. The zero-order chi connectivity index (χ0) is 17.4. The fourth-order valence-electron chi connectivity index (χ4n) is 3.45. The number of amides is 1. The van der Waals surface area contributed by atoms with Crippen molar-refractivity contribution in [1.29, 1.82) is 0 Å². The first-order valence-electron chi connectivity index (χ1n) is 8.47. The van der Waals surface area contributed by atoms with Crippen LogP contribution in [0.1, 0.15) is 40.8 Å². The summed E-state index contributed by atoms with van der Waals surface area (Å²) in [6.45, 7) is 1.87. The number of imidazole rings is 1. The Morgan fingerprint density at radius 1 is 1.28 bits per heavy atom. The number of hydrogen-bond acceptors (Lipinski definition) is 4. The molecule has 1 saturated carbocycles. The molecule has 1 aliphatic carbocycles. The lowest BCUT2D eigenvalue weighted by molar-refractivity contribution is 0.0228. The highest BCUT2D eigenvalue weighted by Gasteiger charge is 2.36. The molecule has 0 radical (unpaired) electrons. The average molecular weight is 336 g/mol. The largest absolute Gasteiger partial charge is 0.393 e. The molecule has 1 aromatic carbocycles. The normalized spacial score (nSPS) is 20.9. The average Bonchev–Trinajstić information content (AvgIpc) is 2.98. The van der Waals surface area contributed by atoms with E-state index in [4.69, 9.17) is 0 Å². The minimum atomic E-state index is -0.287. The molecule has 1 atom stereocenters. The molecule has 1 amide bonds. The molecule has 0 saturated heterocycles. The number of pyridine rings is 1. The Labute approximate surface area is 145 Å². The SMILES string of the molecule is Cc1nc2c(C(=O)NC(c3ccccn3)C3CC(O)C3)cccc2[nH]1. The van der Waals surface area contributed by atoms with Gasteiger partial charge in [-0.2, -0.15) is 0 Å². The second-order valence-corrected chi connectivity index (χ2v) is 6.61. The summed E-state index contributed by atoms with van der Waals surface area (Å²) in [4.78, 5) is 24.9. The second-order valence-electron chi connectivity index (χ2n) is 6.61. The Kier molecular flexibility index (Phi) is 3.97. The number of carbonyl (C=O) groups excluding carboxylic acids is 1. The van der Waals surface area contributed by atoms with E-state index in [1.807, 2.05) is 37.3 Å². The van der Waals surface area contributed by atoms with Crippen LogP contribution in [0.4, 0.5) is 0 Å². The van der Waals surface area contributed by atoms with Gasteiger partial charge in [0, 0.05) is 6.20 Å². The minimum Gasteiger partial charge on any atom is -0.393 e. The van der Waals surface area contributed by atoms with E-state index in [0.29, 0.717) is 23.9 Å². The van der Waals surface area contributed by atoms with E-state index in [2.05, 4.69) is 20.3 Å². The number of aliphatic hydroxyl groups is 1. The number of hydrogen-bond donors (Lipinski definition) is 3. The summed E-state index contributed by atoms with van der Waals surface area (Å²) in [6, 6.07) is 11.0. The van der Waals surface area contributed by atoms with Gasteiger partial charge in [-0.15, -0.1) is 0 Å². The van der Waals surface area contributed by atoms with E-state index in [1.54, 1.807) is 12.3 Å². The summed E-state index contributed by atoms with van der Waals surface area (Å²) in [7, 11) is 0. The van der Waals surface area contributed by atoms with Crippen molar-refractivity contribution in [3.63, 3.8) is 0 Å². The van der Waals surface area contributed by atoms with Crippen LogP contribution in [-0.4, -0.2) is 32.1 Å².